The van der Waals surface area contributed by atoms with E-state index in [0.717, 1.165) is 11.3 Å². The highest BCUT2D eigenvalue weighted by molar-refractivity contribution is 5.34. The molecule has 20 heavy (non-hydrogen) atoms. The van der Waals surface area contributed by atoms with E-state index in [2.05, 4.69) is 28.7 Å². The van der Waals surface area contributed by atoms with E-state index in [9.17, 15) is 10.1 Å². The van der Waals surface area contributed by atoms with Crippen LogP contribution in [0.15, 0.2) is 36.8 Å². The van der Waals surface area contributed by atoms with Crippen molar-refractivity contribution in [3.05, 3.63) is 58.2 Å². The molecule has 6 nitrogen and oxygen atoms in total. The Hall–Kier alpha value is -2.21. The van der Waals surface area contributed by atoms with Crippen LogP contribution in [-0.4, -0.2) is 14.5 Å². The van der Waals surface area contributed by atoms with Gasteiger partial charge in [0, 0.05) is 37.5 Å². The van der Waals surface area contributed by atoms with Crippen molar-refractivity contribution in [2.45, 2.75) is 33.0 Å². The van der Waals surface area contributed by atoms with Crippen LogP contribution in [0.4, 0.5) is 5.69 Å². The van der Waals surface area contributed by atoms with Crippen LogP contribution >= 0.6 is 0 Å². The molecule has 0 bridgehead atoms. The molecule has 2 rings (SSSR count). The van der Waals surface area contributed by atoms with Gasteiger partial charge in [0.2, 0.25) is 0 Å². The van der Waals surface area contributed by atoms with E-state index >= 15 is 0 Å². The topological polar surface area (TPSA) is 73.0 Å². The van der Waals surface area contributed by atoms with Crippen molar-refractivity contribution in [3.63, 3.8) is 0 Å². The number of rotatable bonds is 6. The van der Waals surface area contributed by atoms with E-state index < -0.39 is 0 Å². The number of imidazole rings is 1. The normalized spacial score (nSPS) is 10.9. The third-order valence-corrected chi connectivity index (χ3v) is 3.06. The zero-order valence-electron chi connectivity index (χ0n) is 11.6. The fourth-order valence-electron chi connectivity index (χ4n) is 2.05. The first-order valence-corrected chi connectivity index (χ1v) is 6.52. The summed E-state index contributed by atoms with van der Waals surface area (Å²) in [5.41, 5.74) is 2.12. The lowest BCUT2D eigenvalue weighted by Gasteiger charge is -2.12. The Morgan fingerprint density at radius 2 is 2.20 bits per heavy atom. The summed E-state index contributed by atoms with van der Waals surface area (Å²) in [4.78, 5) is 14.5. The maximum absolute atomic E-state index is 10.7. The first kappa shape index (κ1) is 14.2. The van der Waals surface area contributed by atoms with Gasteiger partial charge in [0.1, 0.15) is 0 Å². The Labute approximate surface area is 117 Å². The molecule has 2 aromatic rings. The lowest BCUT2D eigenvalue weighted by molar-refractivity contribution is -0.384. The predicted octanol–water partition coefficient (Wildman–Crippen LogP) is 2.66. The maximum Gasteiger partial charge on any atom is 0.269 e. The summed E-state index contributed by atoms with van der Waals surface area (Å²) in [6.07, 6.45) is 3.65. The summed E-state index contributed by atoms with van der Waals surface area (Å²) in [6.45, 7) is 5.48. The predicted molar refractivity (Wildman–Crippen MR) is 76.3 cm³/mol. The number of nitro benzene ring substituents is 1. The lowest BCUT2D eigenvalue weighted by Crippen LogP contribution is -2.16. The van der Waals surface area contributed by atoms with Crippen LogP contribution in [0.2, 0.25) is 0 Å². The Kier molecular flexibility index (Phi) is 4.47. The fourth-order valence-corrected chi connectivity index (χ4v) is 2.05. The van der Waals surface area contributed by atoms with Gasteiger partial charge in [-0.3, -0.25) is 10.1 Å². The zero-order valence-corrected chi connectivity index (χ0v) is 11.6. The molecule has 0 aliphatic rings. The van der Waals surface area contributed by atoms with Gasteiger partial charge in [-0.25, -0.2) is 4.98 Å². The molecule has 6 heteroatoms. The second kappa shape index (κ2) is 6.29. The van der Waals surface area contributed by atoms with Crippen molar-refractivity contribution in [2.24, 2.45) is 0 Å². The highest BCUT2D eigenvalue weighted by atomic mass is 16.6. The first-order valence-electron chi connectivity index (χ1n) is 6.52. The van der Waals surface area contributed by atoms with E-state index in [1.54, 1.807) is 12.1 Å². The summed E-state index contributed by atoms with van der Waals surface area (Å²) >= 11 is 0. The number of hydrogen-bond acceptors (Lipinski definition) is 4. The molecule has 0 aliphatic heterocycles. The van der Waals surface area contributed by atoms with Gasteiger partial charge in [-0.05, 0) is 19.4 Å². The van der Waals surface area contributed by atoms with E-state index in [1.807, 2.05) is 18.6 Å². The van der Waals surface area contributed by atoms with E-state index in [-0.39, 0.29) is 10.6 Å². The van der Waals surface area contributed by atoms with Crippen molar-refractivity contribution < 1.29 is 4.92 Å². The van der Waals surface area contributed by atoms with Crippen LogP contribution in [-0.2, 0) is 13.1 Å². The molecule has 1 N–H and O–H groups in total. The molecular weight excluding hydrogens is 256 g/mol. The molecule has 1 heterocycles. The van der Waals surface area contributed by atoms with Gasteiger partial charge in [0.05, 0.1) is 16.9 Å². The second-order valence-electron chi connectivity index (χ2n) is 4.92. The minimum atomic E-state index is -0.378. The number of non-ortho nitro benzene ring substituents is 1. The van der Waals surface area contributed by atoms with E-state index in [4.69, 9.17) is 0 Å². The number of nitrogens with zero attached hydrogens (tertiary/aromatic N) is 3. The Morgan fingerprint density at radius 1 is 1.40 bits per heavy atom. The molecule has 0 fully saturated rings. The minimum absolute atomic E-state index is 0.122. The molecule has 0 amide bonds. The molecule has 0 unspecified atom stereocenters. The molecule has 0 saturated carbocycles. The van der Waals surface area contributed by atoms with Gasteiger partial charge < -0.3 is 9.88 Å². The molecule has 0 atom stereocenters. The van der Waals surface area contributed by atoms with Crippen molar-refractivity contribution >= 4 is 5.69 Å². The smallest absolute Gasteiger partial charge is 0.269 e. The summed E-state index contributed by atoms with van der Waals surface area (Å²) < 4.78 is 2.10. The molecule has 0 spiro atoms. The first-order chi connectivity index (χ1) is 9.58. The van der Waals surface area contributed by atoms with Crippen LogP contribution in [0.1, 0.15) is 31.1 Å². The minimum Gasteiger partial charge on any atom is -0.331 e. The number of benzene rings is 1. The van der Waals surface area contributed by atoms with Gasteiger partial charge >= 0.3 is 0 Å². The van der Waals surface area contributed by atoms with Crippen molar-refractivity contribution in [1.82, 2.24) is 14.9 Å². The summed E-state index contributed by atoms with van der Waals surface area (Å²) in [5, 5.41) is 14.0. The van der Waals surface area contributed by atoms with Crippen LogP contribution in [0.3, 0.4) is 0 Å². The van der Waals surface area contributed by atoms with E-state index in [0.29, 0.717) is 19.1 Å². The van der Waals surface area contributed by atoms with Crippen LogP contribution in [0.25, 0.3) is 0 Å². The number of hydrogen-bond donors (Lipinski definition) is 1. The molecular formula is C14H18N4O2. The molecule has 0 saturated heterocycles. The largest absolute Gasteiger partial charge is 0.331 e. The number of nitrogens with one attached hydrogen (secondary N) is 1. The highest BCUT2D eigenvalue weighted by Gasteiger charge is 2.07. The third-order valence-electron chi connectivity index (χ3n) is 3.06. The number of aromatic nitrogens is 2. The van der Waals surface area contributed by atoms with Crippen LogP contribution in [0.5, 0.6) is 0 Å². The average Bonchev–Trinajstić information content (AvgIpc) is 2.87. The van der Waals surface area contributed by atoms with Gasteiger partial charge in [0.15, 0.2) is 0 Å². The summed E-state index contributed by atoms with van der Waals surface area (Å²) in [7, 11) is 0. The van der Waals surface area contributed by atoms with Crippen LogP contribution < -0.4 is 5.32 Å². The average molecular weight is 274 g/mol. The molecule has 0 radical (unpaired) electrons. The second-order valence-corrected chi connectivity index (χ2v) is 4.92. The van der Waals surface area contributed by atoms with Gasteiger partial charge in [-0.2, -0.15) is 0 Å². The standard InChI is InChI=1S/C14H18N4O2/c1-11(2)17-10-16-9-14(17)8-15-7-12-4-3-5-13(6-12)18(19)20/h3-6,9-11,15H,7-8H2,1-2H3. The summed E-state index contributed by atoms with van der Waals surface area (Å²) in [6, 6.07) is 7.03. The third kappa shape index (κ3) is 3.42. The van der Waals surface area contributed by atoms with E-state index in [1.165, 1.54) is 6.07 Å². The zero-order chi connectivity index (χ0) is 14.5. The van der Waals surface area contributed by atoms with Gasteiger partial charge in [0.25, 0.3) is 5.69 Å². The van der Waals surface area contributed by atoms with Crippen molar-refractivity contribution in [3.8, 4) is 0 Å². The van der Waals surface area contributed by atoms with Crippen molar-refractivity contribution in [1.29, 1.82) is 0 Å². The molecule has 1 aromatic heterocycles. The fraction of sp³-hybridized carbons (Fsp3) is 0.357. The monoisotopic (exact) mass is 274 g/mol. The Morgan fingerprint density at radius 3 is 2.90 bits per heavy atom. The number of nitro groups is 1. The SMILES string of the molecule is CC(C)n1cncc1CNCc1cccc([N+](=O)[O-])c1. The quantitative estimate of drug-likeness (QED) is 0.649. The Bertz CT molecular complexity index is 592. The van der Waals surface area contributed by atoms with Crippen LogP contribution in [0, 0.1) is 10.1 Å². The molecule has 1 aromatic carbocycles. The highest BCUT2D eigenvalue weighted by Crippen LogP contribution is 2.13. The lowest BCUT2D eigenvalue weighted by atomic mass is 10.2. The van der Waals surface area contributed by atoms with Gasteiger partial charge in [-0.15, -0.1) is 0 Å². The molecule has 106 valence electrons. The summed E-state index contributed by atoms with van der Waals surface area (Å²) in [5.74, 6) is 0. The van der Waals surface area contributed by atoms with Gasteiger partial charge in [-0.1, -0.05) is 12.1 Å². The Balaban J connectivity index is 1.94. The van der Waals surface area contributed by atoms with Crippen molar-refractivity contribution in [2.75, 3.05) is 0 Å². The maximum atomic E-state index is 10.7. The molecule has 0 aliphatic carbocycles.